The molecule has 0 spiro atoms. The maximum absolute atomic E-state index is 11.9. The monoisotopic (exact) mass is 484 g/mol. The molecule has 6 nitrogen and oxygen atoms in total. The van der Waals surface area contributed by atoms with Crippen LogP contribution in [0.5, 0.6) is 0 Å². The molecule has 2 N–H and O–H groups in total. The van der Waals surface area contributed by atoms with Gasteiger partial charge in [-0.1, -0.05) is 24.3 Å². The van der Waals surface area contributed by atoms with Crippen LogP contribution >= 0.6 is 24.0 Å². The Labute approximate surface area is 178 Å². The van der Waals surface area contributed by atoms with Crippen molar-refractivity contribution >= 4 is 35.8 Å². The highest BCUT2D eigenvalue weighted by atomic mass is 127. The Morgan fingerprint density at radius 3 is 2.59 bits per heavy atom. The highest BCUT2D eigenvalue weighted by molar-refractivity contribution is 14.0. The Hall–Kier alpha value is -2.03. The number of nitrogens with one attached hydrogen (secondary N) is 2. The number of nitrogens with zero attached hydrogens (tertiary/aromatic N) is 2. The first-order valence-electron chi connectivity index (χ1n) is 8.80. The molecule has 0 aliphatic heterocycles. The van der Waals surface area contributed by atoms with E-state index < -0.39 is 0 Å². The number of furan rings is 1. The topological polar surface area (TPSA) is 69.9 Å². The summed E-state index contributed by atoms with van der Waals surface area (Å²) in [7, 11) is 3.45. The first kappa shape index (κ1) is 23.0. The van der Waals surface area contributed by atoms with E-state index in [2.05, 4.69) is 41.6 Å². The summed E-state index contributed by atoms with van der Waals surface area (Å²) in [6.45, 7) is 4.93. The van der Waals surface area contributed by atoms with Gasteiger partial charge in [0.1, 0.15) is 12.3 Å². The Balaban J connectivity index is 0.00000364. The highest BCUT2D eigenvalue weighted by Gasteiger charge is 2.11. The van der Waals surface area contributed by atoms with E-state index in [4.69, 9.17) is 4.42 Å². The van der Waals surface area contributed by atoms with Crippen LogP contribution in [0.3, 0.4) is 0 Å². The smallest absolute Gasteiger partial charge is 0.243 e. The van der Waals surface area contributed by atoms with Crippen LogP contribution in [-0.4, -0.2) is 44.0 Å². The molecule has 0 bridgehead atoms. The van der Waals surface area contributed by atoms with Crippen LogP contribution in [0.15, 0.2) is 52.1 Å². The Kier molecular flexibility index (Phi) is 9.92. The molecule has 2 rings (SSSR count). The zero-order valence-corrected chi connectivity index (χ0v) is 18.7. The molecule has 1 aromatic heterocycles. The molecule has 0 saturated carbocycles. The quantitative estimate of drug-likeness (QED) is 0.360. The van der Waals surface area contributed by atoms with Gasteiger partial charge in [-0.3, -0.25) is 4.79 Å². The minimum atomic E-state index is -0.0410. The number of carbonyl (C=O) groups is 1. The number of benzene rings is 1. The average Bonchev–Trinajstić information content (AvgIpc) is 3.12. The normalized spacial score (nSPS) is 12.1. The van der Waals surface area contributed by atoms with E-state index in [1.165, 1.54) is 16.0 Å². The van der Waals surface area contributed by atoms with Gasteiger partial charge in [-0.05, 0) is 37.1 Å². The fraction of sp³-hybridized carbons (Fsp3) is 0.400. The predicted octanol–water partition coefficient (Wildman–Crippen LogP) is 3.13. The molecule has 1 atom stereocenters. The fourth-order valence-electron chi connectivity index (χ4n) is 2.56. The van der Waals surface area contributed by atoms with Crippen molar-refractivity contribution in [1.82, 2.24) is 15.5 Å². The second-order valence-electron chi connectivity index (χ2n) is 6.43. The number of halogens is 1. The van der Waals surface area contributed by atoms with Crippen molar-refractivity contribution in [2.24, 2.45) is 4.99 Å². The molecule has 2 aromatic rings. The summed E-state index contributed by atoms with van der Waals surface area (Å²) < 4.78 is 5.35. The lowest BCUT2D eigenvalue weighted by molar-refractivity contribution is -0.127. The first-order valence-corrected chi connectivity index (χ1v) is 8.80. The fourth-order valence-corrected chi connectivity index (χ4v) is 2.56. The van der Waals surface area contributed by atoms with Crippen molar-refractivity contribution < 1.29 is 9.21 Å². The number of guanidine groups is 1. The molecule has 1 aromatic carbocycles. The number of carbonyl (C=O) groups excluding carboxylic acids is 1. The van der Waals surface area contributed by atoms with Gasteiger partial charge in [0.15, 0.2) is 5.96 Å². The summed E-state index contributed by atoms with van der Waals surface area (Å²) in [6.07, 6.45) is 2.41. The molecule has 0 aliphatic rings. The first-order chi connectivity index (χ1) is 12.5. The van der Waals surface area contributed by atoms with Gasteiger partial charge < -0.3 is 20.0 Å². The summed E-state index contributed by atoms with van der Waals surface area (Å²) in [4.78, 5) is 17.8. The Morgan fingerprint density at radius 1 is 1.22 bits per heavy atom. The second-order valence-corrected chi connectivity index (χ2v) is 6.43. The van der Waals surface area contributed by atoms with Gasteiger partial charge in [-0.15, -0.1) is 24.0 Å². The van der Waals surface area contributed by atoms with Gasteiger partial charge >= 0.3 is 0 Å². The van der Waals surface area contributed by atoms with E-state index in [1.807, 2.05) is 24.3 Å². The molecule has 1 amide bonds. The molecule has 1 unspecified atom stereocenters. The van der Waals surface area contributed by atoms with Crippen LogP contribution in [0.4, 0.5) is 0 Å². The molecule has 27 heavy (non-hydrogen) atoms. The van der Waals surface area contributed by atoms with E-state index in [-0.39, 0.29) is 42.5 Å². The van der Waals surface area contributed by atoms with Gasteiger partial charge in [0, 0.05) is 27.1 Å². The van der Waals surface area contributed by atoms with Gasteiger partial charge in [0.2, 0.25) is 5.91 Å². The van der Waals surface area contributed by atoms with Crippen LogP contribution in [0.2, 0.25) is 0 Å². The standard InChI is InChI=1S/C20H28N4O2.HI/c1-15-8-5-6-10-18(15)16(2)23-20(22-14-19(25)24(3)4)21-12-11-17-9-7-13-26-17;/h5-10,13,16H,11-12,14H2,1-4H3,(H2,21,22,23);1H. The number of amides is 1. The van der Waals surface area contributed by atoms with Crippen molar-refractivity contribution in [2.75, 3.05) is 27.2 Å². The van der Waals surface area contributed by atoms with Crippen LogP contribution in [-0.2, 0) is 11.2 Å². The van der Waals surface area contributed by atoms with Crippen molar-refractivity contribution in [3.8, 4) is 0 Å². The molecule has 148 valence electrons. The van der Waals surface area contributed by atoms with E-state index in [0.717, 1.165) is 12.2 Å². The van der Waals surface area contributed by atoms with Crippen molar-refractivity contribution in [2.45, 2.75) is 26.3 Å². The van der Waals surface area contributed by atoms with Gasteiger partial charge in [-0.25, -0.2) is 4.99 Å². The largest absolute Gasteiger partial charge is 0.469 e. The number of aryl methyl sites for hydroxylation is 1. The minimum Gasteiger partial charge on any atom is -0.469 e. The lowest BCUT2D eigenvalue weighted by atomic mass is 10.0. The van der Waals surface area contributed by atoms with Crippen molar-refractivity contribution in [1.29, 1.82) is 0 Å². The number of rotatable bonds is 7. The zero-order chi connectivity index (χ0) is 18.9. The summed E-state index contributed by atoms with van der Waals surface area (Å²) in [5, 5.41) is 6.67. The number of aliphatic imine (C=N–C) groups is 1. The molecule has 0 radical (unpaired) electrons. The number of hydrogen-bond donors (Lipinski definition) is 2. The van der Waals surface area contributed by atoms with E-state index in [9.17, 15) is 4.79 Å². The van der Waals surface area contributed by atoms with Gasteiger partial charge in [-0.2, -0.15) is 0 Å². The molecule has 7 heteroatoms. The van der Waals surface area contributed by atoms with Gasteiger partial charge in [0.05, 0.1) is 12.3 Å². The van der Waals surface area contributed by atoms with E-state index in [0.29, 0.717) is 12.5 Å². The summed E-state index contributed by atoms with van der Waals surface area (Å²) in [5.41, 5.74) is 2.42. The third kappa shape index (κ3) is 7.62. The summed E-state index contributed by atoms with van der Waals surface area (Å²) >= 11 is 0. The van der Waals surface area contributed by atoms with Crippen molar-refractivity contribution in [3.05, 3.63) is 59.5 Å². The van der Waals surface area contributed by atoms with Crippen LogP contribution in [0.1, 0.15) is 29.9 Å². The van der Waals surface area contributed by atoms with E-state index >= 15 is 0 Å². The SMILES string of the molecule is Cc1ccccc1C(C)NC(=NCC(=O)N(C)C)NCCc1ccco1.I. The van der Waals surface area contributed by atoms with Crippen LogP contribution in [0, 0.1) is 6.92 Å². The molecule has 0 saturated heterocycles. The second kappa shape index (κ2) is 11.6. The number of hydrogen-bond acceptors (Lipinski definition) is 3. The highest BCUT2D eigenvalue weighted by Crippen LogP contribution is 2.16. The number of likely N-dealkylation sites (N-methyl/N-ethyl adjacent to an activating group) is 1. The predicted molar refractivity (Wildman–Crippen MR) is 120 cm³/mol. The lowest BCUT2D eigenvalue weighted by Gasteiger charge is -2.20. The Morgan fingerprint density at radius 2 is 1.96 bits per heavy atom. The Bertz CT molecular complexity index is 729. The van der Waals surface area contributed by atoms with E-state index in [1.54, 1.807) is 20.4 Å². The minimum absolute atomic E-state index is 0. The zero-order valence-electron chi connectivity index (χ0n) is 16.4. The maximum Gasteiger partial charge on any atom is 0.243 e. The summed E-state index contributed by atoms with van der Waals surface area (Å²) in [6, 6.07) is 12.1. The third-order valence-corrected chi connectivity index (χ3v) is 4.12. The molecule has 0 fully saturated rings. The molecule has 0 aliphatic carbocycles. The van der Waals surface area contributed by atoms with Gasteiger partial charge in [0.25, 0.3) is 0 Å². The third-order valence-electron chi connectivity index (χ3n) is 4.12. The average molecular weight is 484 g/mol. The molecule has 1 heterocycles. The summed E-state index contributed by atoms with van der Waals surface area (Å²) in [5.74, 6) is 1.48. The molecular formula is C20H29IN4O2. The molecular weight excluding hydrogens is 455 g/mol. The van der Waals surface area contributed by atoms with Crippen LogP contribution < -0.4 is 10.6 Å². The van der Waals surface area contributed by atoms with Crippen LogP contribution in [0.25, 0.3) is 0 Å². The van der Waals surface area contributed by atoms with Crippen molar-refractivity contribution in [3.63, 3.8) is 0 Å². The maximum atomic E-state index is 11.9. The lowest BCUT2D eigenvalue weighted by Crippen LogP contribution is -2.40.